The largest absolute Gasteiger partial charge is 0.338 e. The number of nitrogens with one attached hydrogen (secondary N) is 1. The molecule has 0 bridgehead atoms. The molecule has 5 heteroatoms. The predicted octanol–water partition coefficient (Wildman–Crippen LogP) is 1.73. The van der Waals surface area contributed by atoms with Gasteiger partial charge in [-0.2, -0.15) is 5.10 Å². The predicted molar refractivity (Wildman–Crippen MR) is 61.6 cm³/mol. The van der Waals surface area contributed by atoms with E-state index < -0.39 is 0 Å². The van der Waals surface area contributed by atoms with Crippen molar-refractivity contribution in [3.05, 3.63) is 12.2 Å². The summed E-state index contributed by atoms with van der Waals surface area (Å²) in [6, 6.07) is 0. The van der Waals surface area contributed by atoms with E-state index in [0.29, 0.717) is 13.0 Å². The maximum Gasteiger partial charge on any atom is 0.222 e. The van der Waals surface area contributed by atoms with E-state index in [9.17, 15) is 4.79 Å². The lowest BCUT2D eigenvalue weighted by molar-refractivity contribution is -0.130. The number of amides is 1. The van der Waals surface area contributed by atoms with Crippen LogP contribution in [0.1, 0.15) is 44.9 Å². The Labute approximate surface area is 96.3 Å². The van der Waals surface area contributed by atoms with Crippen molar-refractivity contribution in [3.63, 3.8) is 0 Å². The van der Waals surface area contributed by atoms with Crippen molar-refractivity contribution < 1.29 is 4.79 Å². The van der Waals surface area contributed by atoms with Gasteiger partial charge in [0.15, 0.2) is 0 Å². The average Bonchev–Trinajstić information content (AvgIpc) is 2.76. The number of carbonyl (C=O) groups is 1. The maximum atomic E-state index is 11.7. The van der Waals surface area contributed by atoms with Gasteiger partial charge < -0.3 is 4.90 Å². The fourth-order valence-electron chi connectivity index (χ4n) is 1.51. The summed E-state index contributed by atoms with van der Waals surface area (Å²) >= 11 is 0. The zero-order valence-corrected chi connectivity index (χ0v) is 10.1. The first-order valence-corrected chi connectivity index (χ1v) is 5.82. The van der Waals surface area contributed by atoms with Crippen LogP contribution in [-0.4, -0.2) is 33.0 Å². The molecule has 90 valence electrons. The van der Waals surface area contributed by atoms with E-state index in [4.69, 9.17) is 0 Å². The van der Waals surface area contributed by atoms with Crippen LogP contribution < -0.4 is 0 Å². The highest BCUT2D eigenvalue weighted by Gasteiger charge is 2.09. The second-order valence-electron chi connectivity index (χ2n) is 3.99. The third-order valence-corrected chi connectivity index (χ3v) is 2.52. The zero-order valence-electron chi connectivity index (χ0n) is 10.1. The number of aromatic nitrogens is 3. The van der Waals surface area contributed by atoms with Crippen LogP contribution in [-0.2, 0) is 11.3 Å². The van der Waals surface area contributed by atoms with E-state index in [1.165, 1.54) is 19.2 Å². The monoisotopic (exact) mass is 224 g/mol. The van der Waals surface area contributed by atoms with E-state index in [1.54, 1.807) is 11.9 Å². The molecule has 0 fully saturated rings. The van der Waals surface area contributed by atoms with Crippen molar-refractivity contribution in [2.45, 2.75) is 45.6 Å². The maximum absolute atomic E-state index is 11.7. The van der Waals surface area contributed by atoms with Gasteiger partial charge in [-0.25, -0.2) is 4.98 Å². The van der Waals surface area contributed by atoms with E-state index in [-0.39, 0.29) is 5.91 Å². The first-order chi connectivity index (χ1) is 7.74. The Hall–Kier alpha value is -1.39. The van der Waals surface area contributed by atoms with Crippen molar-refractivity contribution >= 4 is 5.91 Å². The van der Waals surface area contributed by atoms with Gasteiger partial charge in [0.25, 0.3) is 0 Å². The Balaban J connectivity index is 2.20. The van der Waals surface area contributed by atoms with E-state index in [2.05, 4.69) is 22.1 Å². The van der Waals surface area contributed by atoms with Crippen molar-refractivity contribution in [3.8, 4) is 0 Å². The molecule has 0 aliphatic heterocycles. The number of aromatic amines is 1. The molecule has 1 aromatic rings. The Kier molecular flexibility index (Phi) is 5.53. The standard InChI is InChI=1S/C11H20N4O/c1-3-4-5-6-7-11(16)15(2)8-10-12-9-13-14-10/h9H,3-8H2,1-2H3,(H,12,13,14). The SMILES string of the molecule is CCCCCCC(=O)N(C)Cc1ncn[nH]1. The number of hydrogen-bond acceptors (Lipinski definition) is 3. The molecule has 1 amide bonds. The molecule has 1 heterocycles. The second-order valence-corrected chi connectivity index (χ2v) is 3.99. The summed E-state index contributed by atoms with van der Waals surface area (Å²) in [6.45, 7) is 2.67. The van der Waals surface area contributed by atoms with Crippen LogP contribution in [0.5, 0.6) is 0 Å². The third kappa shape index (κ3) is 4.42. The van der Waals surface area contributed by atoms with Gasteiger partial charge in [0, 0.05) is 13.5 Å². The number of rotatable bonds is 7. The molecule has 0 radical (unpaired) electrons. The molecule has 1 N–H and O–H groups in total. The third-order valence-electron chi connectivity index (χ3n) is 2.52. The van der Waals surface area contributed by atoms with Crippen molar-refractivity contribution in [1.29, 1.82) is 0 Å². The molecule has 1 aromatic heterocycles. The number of nitrogens with zero attached hydrogens (tertiary/aromatic N) is 3. The molecule has 0 aromatic carbocycles. The minimum Gasteiger partial charge on any atom is -0.338 e. The quantitative estimate of drug-likeness (QED) is 0.717. The smallest absolute Gasteiger partial charge is 0.222 e. The Morgan fingerprint density at radius 2 is 2.25 bits per heavy atom. The molecular weight excluding hydrogens is 204 g/mol. The van der Waals surface area contributed by atoms with Crippen molar-refractivity contribution in [2.24, 2.45) is 0 Å². The van der Waals surface area contributed by atoms with Crippen LogP contribution in [0.4, 0.5) is 0 Å². The topological polar surface area (TPSA) is 61.9 Å². The highest BCUT2D eigenvalue weighted by atomic mass is 16.2. The van der Waals surface area contributed by atoms with Crippen LogP contribution in [0.3, 0.4) is 0 Å². The first kappa shape index (κ1) is 12.7. The Morgan fingerprint density at radius 3 is 2.88 bits per heavy atom. The highest BCUT2D eigenvalue weighted by molar-refractivity contribution is 5.75. The van der Waals surface area contributed by atoms with Crippen LogP contribution >= 0.6 is 0 Å². The van der Waals surface area contributed by atoms with E-state index >= 15 is 0 Å². The molecule has 0 aliphatic rings. The van der Waals surface area contributed by atoms with Gasteiger partial charge in [-0.05, 0) is 6.42 Å². The number of unbranched alkanes of at least 4 members (excludes halogenated alkanes) is 3. The lowest BCUT2D eigenvalue weighted by Gasteiger charge is -2.15. The van der Waals surface area contributed by atoms with Gasteiger partial charge >= 0.3 is 0 Å². The molecular formula is C11H20N4O. The molecule has 0 saturated heterocycles. The summed E-state index contributed by atoms with van der Waals surface area (Å²) in [5, 5.41) is 6.49. The number of hydrogen-bond donors (Lipinski definition) is 1. The Morgan fingerprint density at radius 1 is 1.44 bits per heavy atom. The normalized spacial score (nSPS) is 10.4. The molecule has 0 saturated carbocycles. The summed E-state index contributed by atoms with van der Waals surface area (Å²) in [4.78, 5) is 17.4. The van der Waals surface area contributed by atoms with Crippen LogP contribution in [0, 0.1) is 0 Å². The van der Waals surface area contributed by atoms with Gasteiger partial charge in [-0.15, -0.1) is 0 Å². The van der Waals surface area contributed by atoms with Gasteiger partial charge in [0.05, 0.1) is 6.54 Å². The minimum absolute atomic E-state index is 0.174. The van der Waals surface area contributed by atoms with Crippen LogP contribution in [0.15, 0.2) is 6.33 Å². The number of H-pyrrole nitrogens is 1. The molecule has 0 unspecified atom stereocenters. The zero-order chi connectivity index (χ0) is 11.8. The summed E-state index contributed by atoms with van der Waals surface area (Å²) in [5.41, 5.74) is 0. The molecule has 0 spiro atoms. The molecule has 5 nitrogen and oxygen atoms in total. The summed E-state index contributed by atoms with van der Waals surface area (Å²) in [5.74, 6) is 0.900. The van der Waals surface area contributed by atoms with E-state index in [0.717, 1.165) is 18.7 Å². The summed E-state index contributed by atoms with van der Waals surface area (Å²) < 4.78 is 0. The second kappa shape index (κ2) is 6.98. The fourth-order valence-corrected chi connectivity index (χ4v) is 1.51. The molecule has 0 atom stereocenters. The lowest BCUT2D eigenvalue weighted by Crippen LogP contribution is -2.26. The molecule has 16 heavy (non-hydrogen) atoms. The molecule has 0 aliphatic carbocycles. The van der Waals surface area contributed by atoms with Gasteiger partial charge in [-0.3, -0.25) is 9.89 Å². The molecule has 1 rings (SSSR count). The van der Waals surface area contributed by atoms with Crippen LogP contribution in [0.25, 0.3) is 0 Å². The highest BCUT2D eigenvalue weighted by Crippen LogP contribution is 2.05. The summed E-state index contributed by atoms with van der Waals surface area (Å²) in [6.07, 6.45) is 6.60. The fraction of sp³-hybridized carbons (Fsp3) is 0.727. The van der Waals surface area contributed by atoms with E-state index in [1.807, 2.05) is 0 Å². The van der Waals surface area contributed by atoms with Crippen LogP contribution in [0.2, 0.25) is 0 Å². The van der Waals surface area contributed by atoms with Gasteiger partial charge in [-0.1, -0.05) is 26.2 Å². The Bertz CT molecular complexity index is 297. The van der Waals surface area contributed by atoms with Crippen molar-refractivity contribution in [2.75, 3.05) is 7.05 Å². The summed E-state index contributed by atoms with van der Waals surface area (Å²) in [7, 11) is 1.80. The number of carbonyl (C=O) groups excluding carboxylic acids is 1. The first-order valence-electron chi connectivity index (χ1n) is 5.82. The van der Waals surface area contributed by atoms with Crippen molar-refractivity contribution in [1.82, 2.24) is 20.1 Å². The average molecular weight is 224 g/mol. The van der Waals surface area contributed by atoms with Gasteiger partial charge in [0.2, 0.25) is 5.91 Å². The lowest BCUT2D eigenvalue weighted by atomic mass is 10.1. The minimum atomic E-state index is 0.174. The van der Waals surface area contributed by atoms with Gasteiger partial charge in [0.1, 0.15) is 12.2 Å².